The molecule has 2 aromatic carbocycles. The van der Waals surface area contributed by atoms with Crippen molar-refractivity contribution in [2.45, 2.75) is 20.3 Å². The van der Waals surface area contributed by atoms with E-state index in [2.05, 4.69) is 10.2 Å². The van der Waals surface area contributed by atoms with E-state index in [0.29, 0.717) is 6.54 Å². The average molecular weight is 433 g/mol. The van der Waals surface area contributed by atoms with Crippen molar-refractivity contribution < 1.29 is 24.2 Å². The molecule has 0 saturated carbocycles. The highest BCUT2D eigenvalue weighted by Crippen LogP contribution is 2.42. The van der Waals surface area contributed by atoms with Crippen LogP contribution in [0.1, 0.15) is 52.1 Å². The maximum atomic E-state index is 13.2. The van der Waals surface area contributed by atoms with E-state index in [-0.39, 0.29) is 64.2 Å². The molecule has 8 heteroatoms. The van der Waals surface area contributed by atoms with Gasteiger partial charge in [-0.15, -0.1) is 12.4 Å². The number of aromatic hydroxyl groups is 1. The smallest absolute Gasteiger partial charge is 0.225 e. The van der Waals surface area contributed by atoms with Gasteiger partial charge in [-0.1, -0.05) is 38.1 Å². The van der Waals surface area contributed by atoms with Crippen molar-refractivity contribution >= 4 is 35.6 Å². The number of carbonyl (C=O) groups is 3. The van der Waals surface area contributed by atoms with E-state index >= 15 is 0 Å². The highest BCUT2D eigenvalue weighted by atomic mass is 35.5. The van der Waals surface area contributed by atoms with Gasteiger partial charge in [0.15, 0.2) is 11.6 Å². The summed E-state index contributed by atoms with van der Waals surface area (Å²) >= 11 is 0. The summed E-state index contributed by atoms with van der Waals surface area (Å²) in [7, 11) is 1.37. The topological polar surface area (TPSA) is 95.9 Å². The highest BCUT2D eigenvalue weighted by molar-refractivity contribution is 6.31. The van der Waals surface area contributed by atoms with Crippen molar-refractivity contribution in [2.24, 2.45) is 0 Å². The predicted octanol–water partition coefficient (Wildman–Crippen LogP) is 3.27. The van der Waals surface area contributed by atoms with Crippen LogP contribution in [0.25, 0.3) is 0 Å². The lowest BCUT2D eigenvalue weighted by molar-refractivity contribution is -0.116. The van der Waals surface area contributed by atoms with Crippen LogP contribution in [0.5, 0.6) is 11.5 Å². The lowest BCUT2D eigenvalue weighted by Gasteiger charge is -2.23. The Balaban J connectivity index is 0.00000320. The van der Waals surface area contributed by atoms with Gasteiger partial charge in [0, 0.05) is 30.2 Å². The molecule has 3 rings (SSSR count). The Morgan fingerprint density at radius 2 is 1.63 bits per heavy atom. The number of methoxy groups -OCH3 is 1. The number of hydrogen-bond acceptors (Lipinski definition) is 6. The molecule has 0 spiro atoms. The molecule has 0 atom stereocenters. The summed E-state index contributed by atoms with van der Waals surface area (Å²) in [5.74, 6) is -1.44. The fraction of sp³-hybridized carbons (Fsp3) is 0.318. The quantitative estimate of drug-likeness (QED) is 0.556. The Labute approximate surface area is 181 Å². The maximum absolute atomic E-state index is 13.2. The van der Waals surface area contributed by atoms with Gasteiger partial charge in [0.25, 0.3) is 0 Å². The number of hydrogen-bond donors (Lipinski definition) is 2. The molecule has 1 aliphatic rings. The van der Waals surface area contributed by atoms with Gasteiger partial charge in [0.05, 0.1) is 23.9 Å². The first-order valence-electron chi connectivity index (χ1n) is 9.57. The SMILES string of the molecule is CCN(CC)CCC(=O)Nc1c(OC)cc(O)c2c1C(=O)c1ccccc1C2=O.Cl. The Morgan fingerprint density at radius 3 is 2.17 bits per heavy atom. The molecule has 1 aliphatic carbocycles. The Morgan fingerprint density at radius 1 is 1.07 bits per heavy atom. The standard InChI is InChI=1S/C22H24N2O5.ClH/c1-4-24(5-2)11-10-17(26)23-20-16(29-3)12-15(25)18-19(20)22(28)14-9-7-6-8-13(14)21(18)27;/h6-9,12,25H,4-5,10-11H2,1-3H3,(H,23,26);1H. The molecule has 0 aromatic heterocycles. The number of benzene rings is 2. The van der Waals surface area contributed by atoms with Crippen LogP contribution in [0.3, 0.4) is 0 Å². The van der Waals surface area contributed by atoms with Crippen LogP contribution in [0.15, 0.2) is 30.3 Å². The second-order valence-electron chi connectivity index (χ2n) is 6.75. The Hall–Kier alpha value is -2.90. The van der Waals surface area contributed by atoms with Crippen molar-refractivity contribution in [1.82, 2.24) is 4.90 Å². The van der Waals surface area contributed by atoms with Crippen LogP contribution >= 0.6 is 12.4 Å². The number of phenols is 1. The summed E-state index contributed by atoms with van der Waals surface area (Å²) in [6.45, 7) is 6.25. The van der Waals surface area contributed by atoms with Crippen molar-refractivity contribution in [3.63, 3.8) is 0 Å². The first-order chi connectivity index (χ1) is 13.9. The van der Waals surface area contributed by atoms with Gasteiger partial charge >= 0.3 is 0 Å². The number of nitrogens with one attached hydrogen (secondary N) is 1. The van der Waals surface area contributed by atoms with Crippen molar-refractivity contribution in [2.75, 3.05) is 32.1 Å². The normalized spacial score (nSPS) is 12.1. The highest BCUT2D eigenvalue weighted by Gasteiger charge is 2.36. The predicted molar refractivity (Wildman–Crippen MR) is 116 cm³/mol. The molecule has 2 aromatic rings. The van der Waals surface area contributed by atoms with Crippen LogP contribution in [-0.2, 0) is 4.79 Å². The number of rotatable bonds is 7. The molecule has 2 N–H and O–H groups in total. The number of phenolic OH excluding ortho intramolecular Hbond substituents is 1. The number of amides is 1. The monoisotopic (exact) mass is 432 g/mol. The third-order valence-corrected chi connectivity index (χ3v) is 5.17. The zero-order valence-electron chi connectivity index (χ0n) is 17.2. The van der Waals surface area contributed by atoms with Crippen LogP contribution in [0.2, 0.25) is 0 Å². The van der Waals surface area contributed by atoms with Gasteiger partial charge in [-0.2, -0.15) is 0 Å². The first kappa shape index (κ1) is 23.4. The number of fused-ring (bicyclic) bond motifs is 2. The van der Waals surface area contributed by atoms with Crippen molar-refractivity contribution in [3.05, 3.63) is 52.6 Å². The van der Waals surface area contributed by atoms with Crippen LogP contribution < -0.4 is 10.1 Å². The largest absolute Gasteiger partial charge is 0.507 e. The molecular weight excluding hydrogens is 408 g/mol. The summed E-state index contributed by atoms with van der Waals surface area (Å²) in [5.41, 5.74) is 0.411. The van der Waals surface area contributed by atoms with Crippen LogP contribution in [0, 0.1) is 0 Å². The van der Waals surface area contributed by atoms with E-state index < -0.39 is 11.6 Å². The molecular formula is C22H25ClN2O5. The van der Waals surface area contributed by atoms with Gasteiger partial charge in [-0.25, -0.2) is 0 Å². The summed E-state index contributed by atoms with van der Waals surface area (Å²) in [4.78, 5) is 40.8. The van der Waals surface area contributed by atoms with E-state index in [4.69, 9.17) is 4.74 Å². The molecule has 30 heavy (non-hydrogen) atoms. The van der Waals surface area contributed by atoms with Crippen molar-refractivity contribution in [3.8, 4) is 11.5 Å². The zero-order valence-corrected chi connectivity index (χ0v) is 18.0. The summed E-state index contributed by atoms with van der Waals surface area (Å²) in [6.07, 6.45) is 0.221. The second kappa shape index (κ2) is 9.73. The van der Waals surface area contributed by atoms with Crippen molar-refractivity contribution in [1.29, 1.82) is 0 Å². The summed E-state index contributed by atoms with van der Waals surface area (Å²) < 4.78 is 5.28. The average Bonchev–Trinajstić information content (AvgIpc) is 2.73. The van der Waals surface area contributed by atoms with Gasteiger partial charge in [-0.3, -0.25) is 14.4 Å². The van der Waals surface area contributed by atoms with Crippen LogP contribution in [-0.4, -0.2) is 54.2 Å². The molecule has 0 fully saturated rings. The number of nitrogens with zero attached hydrogens (tertiary/aromatic N) is 1. The lowest BCUT2D eigenvalue weighted by Crippen LogP contribution is -2.28. The number of ketones is 2. The molecule has 0 aliphatic heterocycles. The van der Waals surface area contributed by atoms with E-state index in [1.165, 1.54) is 13.2 Å². The number of carbonyl (C=O) groups excluding carboxylic acids is 3. The third-order valence-electron chi connectivity index (χ3n) is 5.17. The molecule has 1 amide bonds. The fourth-order valence-electron chi connectivity index (χ4n) is 3.54. The summed E-state index contributed by atoms with van der Waals surface area (Å²) in [5, 5.41) is 13.1. The number of halogens is 1. The van der Waals surface area contributed by atoms with E-state index in [9.17, 15) is 19.5 Å². The van der Waals surface area contributed by atoms with Gasteiger partial charge in [-0.05, 0) is 13.1 Å². The van der Waals surface area contributed by atoms with Gasteiger partial charge in [0.1, 0.15) is 11.5 Å². The second-order valence-corrected chi connectivity index (χ2v) is 6.75. The molecule has 0 unspecified atom stereocenters. The summed E-state index contributed by atoms with van der Waals surface area (Å²) in [6, 6.07) is 7.67. The van der Waals surface area contributed by atoms with Gasteiger partial charge < -0.3 is 20.1 Å². The number of anilines is 1. The lowest BCUT2D eigenvalue weighted by atomic mass is 9.82. The minimum absolute atomic E-state index is 0. The van der Waals surface area contributed by atoms with Crippen LogP contribution in [0.4, 0.5) is 5.69 Å². The molecule has 0 radical (unpaired) electrons. The molecule has 0 saturated heterocycles. The molecule has 160 valence electrons. The molecule has 0 bridgehead atoms. The third kappa shape index (κ3) is 4.17. The fourth-order valence-corrected chi connectivity index (χ4v) is 3.54. The first-order valence-corrected chi connectivity index (χ1v) is 9.57. The molecule has 7 nitrogen and oxygen atoms in total. The molecule has 0 heterocycles. The van der Waals surface area contributed by atoms with E-state index in [1.54, 1.807) is 24.3 Å². The number of ether oxygens (including phenoxy) is 1. The minimum Gasteiger partial charge on any atom is -0.507 e. The zero-order chi connectivity index (χ0) is 21.1. The minimum atomic E-state index is -0.464. The van der Waals surface area contributed by atoms with E-state index in [0.717, 1.165) is 13.1 Å². The Bertz CT molecular complexity index is 986. The Kier molecular flexibility index (Phi) is 7.59. The maximum Gasteiger partial charge on any atom is 0.225 e. The van der Waals surface area contributed by atoms with E-state index in [1.807, 2.05) is 13.8 Å². The van der Waals surface area contributed by atoms with Gasteiger partial charge in [0.2, 0.25) is 5.91 Å².